The number of methoxy groups -OCH3 is 3. The first-order valence-corrected chi connectivity index (χ1v) is 7.67. The molecular weight excluding hydrogens is 268 g/mol. The Hall–Kier alpha value is -1.42. The van der Waals surface area contributed by atoms with E-state index in [9.17, 15) is 5.11 Å². The van der Waals surface area contributed by atoms with Crippen molar-refractivity contribution in [3.05, 3.63) is 17.7 Å². The van der Waals surface area contributed by atoms with E-state index in [1.54, 1.807) is 33.5 Å². The fourth-order valence-electron chi connectivity index (χ4n) is 3.20. The van der Waals surface area contributed by atoms with E-state index in [0.717, 1.165) is 24.3 Å². The van der Waals surface area contributed by atoms with Gasteiger partial charge >= 0.3 is 0 Å². The monoisotopic (exact) mass is 294 g/mol. The lowest BCUT2D eigenvalue weighted by Gasteiger charge is -2.20. The Morgan fingerprint density at radius 3 is 2.10 bits per heavy atom. The molecule has 0 saturated heterocycles. The van der Waals surface area contributed by atoms with Crippen LogP contribution in [0.3, 0.4) is 0 Å². The third-order valence-corrected chi connectivity index (χ3v) is 4.41. The van der Waals surface area contributed by atoms with Gasteiger partial charge in [0.1, 0.15) is 17.2 Å². The maximum atomic E-state index is 10.6. The molecule has 2 rings (SSSR count). The van der Waals surface area contributed by atoms with Gasteiger partial charge in [-0.1, -0.05) is 25.7 Å². The van der Waals surface area contributed by atoms with E-state index < -0.39 is 6.10 Å². The summed E-state index contributed by atoms with van der Waals surface area (Å²) in [7, 11) is 4.80. The van der Waals surface area contributed by atoms with Gasteiger partial charge in [0.2, 0.25) is 0 Å². The van der Waals surface area contributed by atoms with Crippen molar-refractivity contribution in [3.63, 3.8) is 0 Å². The highest BCUT2D eigenvalue weighted by Gasteiger charge is 2.23. The lowest BCUT2D eigenvalue weighted by Crippen LogP contribution is -2.06. The van der Waals surface area contributed by atoms with E-state index in [1.807, 2.05) is 0 Å². The highest BCUT2D eigenvalue weighted by molar-refractivity contribution is 5.51. The number of ether oxygens (including phenoxy) is 3. The smallest absolute Gasteiger partial charge is 0.132 e. The summed E-state index contributed by atoms with van der Waals surface area (Å²) in [6, 6.07) is 3.58. The van der Waals surface area contributed by atoms with Crippen LogP contribution in [-0.4, -0.2) is 26.4 Å². The molecule has 1 aromatic rings. The summed E-state index contributed by atoms with van der Waals surface area (Å²) in [6.07, 6.45) is 6.48. The average Bonchev–Trinajstić information content (AvgIpc) is 3.04. The molecule has 4 heteroatoms. The van der Waals surface area contributed by atoms with E-state index in [0.29, 0.717) is 17.2 Å². The zero-order valence-electron chi connectivity index (χ0n) is 13.2. The van der Waals surface area contributed by atoms with E-state index in [4.69, 9.17) is 14.2 Å². The summed E-state index contributed by atoms with van der Waals surface area (Å²) in [5.41, 5.74) is 0.721. The van der Waals surface area contributed by atoms with Crippen molar-refractivity contribution in [1.29, 1.82) is 0 Å². The second-order valence-electron chi connectivity index (χ2n) is 5.69. The largest absolute Gasteiger partial charge is 0.496 e. The van der Waals surface area contributed by atoms with E-state index in [1.165, 1.54) is 25.7 Å². The second-order valence-corrected chi connectivity index (χ2v) is 5.69. The molecule has 0 heterocycles. The molecule has 21 heavy (non-hydrogen) atoms. The van der Waals surface area contributed by atoms with Crippen LogP contribution in [0.15, 0.2) is 12.1 Å². The first-order valence-electron chi connectivity index (χ1n) is 7.67. The van der Waals surface area contributed by atoms with Crippen molar-refractivity contribution in [2.75, 3.05) is 21.3 Å². The fraction of sp³-hybridized carbons (Fsp3) is 0.647. The molecule has 1 aliphatic carbocycles. The Balaban J connectivity index is 2.15. The lowest BCUT2D eigenvalue weighted by molar-refractivity contribution is 0.149. The normalized spacial score (nSPS) is 16.8. The van der Waals surface area contributed by atoms with Crippen LogP contribution in [0, 0.1) is 5.92 Å². The predicted molar refractivity (Wildman–Crippen MR) is 82.2 cm³/mol. The highest BCUT2D eigenvalue weighted by Crippen LogP contribution is 2.41. The molecule has 118 valence electrons. The topological polar surface area (TPSA) is 47.9 Å². The van der Waals surface area contributed by atoms with Crippen molar-refractivity contribution in [1.82, 2.24) is 0 Å². The van der Waals surface area contributed by atoms with Crippen molar-refractivity contribution in [3.8, 4) is 17.2 Å². The third-order valence-electron chi connectivity index (χ3n) is 4.41. The zero-order valence-corrected chi connectivity index (χ0v) is 13.2. The van der Waals surface area contributed by atoms with E-state index in [-0.39, 0.29) is 0 Å². The maximum Gasteiger partial charge on any atom is 0.132 e. The van der Waals surface area contributed by atoms with Gasteiger partial charge in [0.25, 0.3) is 0 Å². The molecule has 0 aromatic heterocycles. The number of rotatable bonds is 7. The summed E-state index contributed by atoms with van der Waals surface area (Å²) >= 11 is 0. The molecular formula is C17H26O4. The standard InChI is InChI=1S/C17H26O4/c1-19-13-10-15(20-2)17(16(11-13)21-3)14(18)9-8-12-6-4-5-7-12/h10-12,14,18H,4-9H2,1-3H3. The quantitative estimate of drug-likeness (QED) is 0.832. The van der Waals surface area contributed by atoms with Gasteiger partial charge in [-0.25, -0.2) is 0 Å². The van der Waals surface area contributed by atoms with Crippen LogP contribution >= 0.6 is 0 Å². The number of aliphatic hydroxyl groups is 1. The Morgan fingerprint density at radius 2 is 1.62 bits per heavy atom. The second kappa shape index (κ2) is 7.55. The number of aliphatic hydroxyl groups excluding tert-OH is 1. The summed E-state index contributed by atoms with van der Waals surface area (Å²) < 4.78 is 16.0. The lowest BCUT2D eigenvalue weighted by atomic mass is 9.95. The van der Waals surface area contributed by atoms with Crippen LogP contribution < -0.4 is 14.2 Å². The van der Waals surface area contributed by atoms with Crippen LogP contribution in [0.1, 0.15) is 50.2 Å². The molecule has 0 bridgehead atoms. The van der Waals surface area contributed by atoms with Crippen LogP contribution in [0.2, 0.25) is 0 Å². The van der Waals surface area contributed by atoms with Crippen LogP contribution in [-0.2, 0) is 0 Å². The minimum Gasteiger partial charge on any atom is -0.496 e. The summed E-state index contributed by atoms with van der Waals surface area (Å²) in [4.78, 5) is 0. The summed E-state index contributed by atoms with van der Waals surface area (Å²) in [5.74, 6) is 2.65. The van der Waals surface area contributed by atoms with Gasteiger partial charge < -0.3 is 19.3 Å². The Labute approximate surface area is 127 Å². The third kappa shape index (κ3) is 3.82. The molecule has 1 unspecified atom stereocenters. The molecule has 0 amide bonds. The molecule has 0 aliphatic heterocycles. The molecule has 1 aliphatic rings. The SMILES string of the molecule is COc1cc(OC)c(C(O)CCC2CCCC2)c(OC)c1. The molecule has 1 saturated carbocycles. The molecule has 1 atom stereocenters. The van der Waals surface area contributed by atoms with Gasteiger partial charge in [0.05, 0.1) is 33.0 Å². The minimum absolute atomic E-state index is 0.568. The fourth-order valence-corrected chi connectivity index (χ4v) is 3.20. The first-order chi connectivity index (χ1) is 10.2. The number of hydrogen-bond donors (Lipinski definition) is 1. The van der Waals surface area contributed by atoms with Gasteiger partial charge in [-0.05, 0) is 18.8 Å². The van der Waals surface area contributed by atoms with Crippen molar-refractivity contribution >= 4 is 0 Å². The van der Waals surface area contributed by atoms with E-state index in [2.05, 4.69) is 0 Å². The zero-order chi connectivity index (χ0) is 15.2. The molecule has 1 fully saturated rings. The number of hydrogen-bond acceptors (Lipinski definition) is 4. The van der Waals surface area contributed by atoms with Crippen molar-refractivity contribution in [2.45, 2.75) is 44.6 Å². The molecule has 1 N–H and O–H groups in total. The van der Waals surface area contributed by atoms with E-state index >= 15 is 0 Å². The molecule has 1 aromatic carbocycles. The highest BCUT2D eigenvalue weighted by atomic mass is 16.5. The number of benzene rings is 1. The van der Waals surface area contributed by atoms with Gasteiger partial charge in [0, 0.05) is 12.1 Å². The van der Waals surface area contributed by atoms with Gasteiger partial charge in [-0.3, -0.25) is 0 Å². The van der Waals surface area contributed by atoms with Crippen molar-refractivity contribution in [2.24, 2.45) is 5.92 Å². The van der Waals surface area contributed by atoms with Crippen LogP contribution in [0.5, 0.6) is 17.2 Å². The summed E-state index contributed by atoms with van der Waals surface area (Å²) in [6.45, 7) is 0. The maximum absolute atomic E-state index is 10.6. The van der Waals surface area contributed by atoms with Crippen molar-refractivity contribution < 1.29 is 19.3 Å². The Bertz CT molecular complexity index is 427. The van der Waals surface area contributed by atoms with Gasteiger partial charge in [0.15, 0.2) is 0 Å². The Morgan fingerprint density at radius 1 is 1.05 bits per heavy atom. The molecule has 0 spiro atoms. The average molecular weight is 294 g/mol. The van der Waals surface area contributed by atoms with Gasteiger partial charge in [-0.2, -0.15) is 0 Å². The first kappa shape index (κ1) is 16.0. The molecule has 4 nitrogen and oxygen atoms in total. The minimum atomic E-state index is -0.568. The van der Waals surface area contributed by atoms with Crippen LogP contribution in [0.25, 0.3) is 0 Å². The summed E-state index contributed by atoms with van der Waals surface area (Å²) in [5, 5.41) is 10.6. The van der Waals surface area contributed by atoms with Crippen LogP contribution in [0.4, 0.5) is 0 Å². The Kier molecular flexibility index (Phi) is 5.74. The predicted octanol–water partition coefficient (Wildman–Crippen LogP) is 3.72. The molecule has 0 radical (unpaired) electrons. The van der Waals surface area contributed by atoms with Gasteiger partial charge in [-0.15, -0.1) is 0 Å².